The highest BCUT2D eigenvalue weighted by Gasteiger charge is 2.23. The molecule has 0 spiro atoms. The van der Waals surface area contributed by atoms with E-state index in [-0.39, 0.29) is 17.5 Å². The summed E-state index contributed by atoms with van der Waals surface area (Å²) in [6, 6.07) is 1.67. The molecule has 0 saturated heterocycles. The van der Waals surface area contributed by atoms with Crippen molar-refractivity contribution in [3.05, 3.63) is 39.5 Å². The van der Waals surface area contributed by atoms with Gasteiger partial charge >= 0.3 is 5.69 Å². The molecule has 0 saturated carbocycles. The van der Waals surface area contributed by atoms with Crippen LogP contribution in [0, 0.1) is 24.0 Å². The molecular weight excluding hydrogens is 236 g/mol. The third kappa shape index (κ3) is 1.83. The van der Waals surface area contributed by atoms with Crippen LogP contribution >= 0.6 is 0 Å². The van der Waals surface area contributed by atoms with Gasteiger partial charge in [0.1, 0.15) is 17.7 Å². The third-order valence-corrected chi connectivity index (χ3v) is 2.91. The van der Waals surface area contributed by atoms with Crippen molar-refractivity contribution in [2.45, 2.75) is 26.8 Å². The fraction of sp³-hybridized carbons (Fsp3) is 0.364. The zero-order valence-corrected chi connectivity index (χ0v) is 10.4. The summed E-state index contributed by atoms with van der Waals surface area (Å²) in [7, 11) is 0. The molecular formula is C11H14N4O3. The minimum absolute atomic E-state index is 0.0470. The van der Waals surface area contributed by atoms with Gasteiger partial charge in [-0.05, 0) is 26.8 Å². The first-order valence-electron chi connectivity index (χ1n) is 5.46. The number of furan rings is 1. The van der Waals surface area contributed by atoms with Crippen molar-refractivity contribution in [2.75, 3.05) is 5.73 Å². The van der Waals surface area contributed by atoms with Crippen LogP contribution in [0.3, 0.4) is 0 Å². The Balaban J connectivity index is 2.43. The molecule has 1 unspecified atom stereocenters. The van der Waals surface area contributed by atoms with Gasteiger partial charge in [-0.25, -0.2) is 4.68 Å². The highest BCUT2D eigenvalue weighted by atomic mass is 16.6. The van der Waals surface area contributed by atoms with E-state index in [0.717, 1.165) is 23.3 Å². The summed E-state index contributed by atoms with van der Waals surface area (Å²) < 4.78 is 6.86. The number of hydrogen-bond donors (Lipinski definition) is 1. The van der Waals surface area contributed by atoms with Crippen LogP contribution in [0.5, 0.6) is 0 Å². The lowest BCUT2D eigenvalue weighted by Gasteiger charge is -2.12. The minimum Gasteiger partial charge on any atom is -0.466 e. The Morgan fingerprint density at radius 2 is 2.22 bits per heavy atom. The summed E-state index contributed by atoms with van der Waals surface area (Å²) in [4.78, 5) is 10.2. The number of aryl methyl sites for hydroxylation is 2. The first-order chi connectivity index (χ1) is 8.41. The molecule has 7 nitrogen and oxygen atoms in total. The second kappa shape index (κ2) is 4.17. The Hall–Kier alpha value is -2.31. The van der Waals surface area contributed by atoms with Gasteiger partial charge in [0.15, 0.2) is 0 Å². The SMILES string of the molecule is Cc1cc(C(C)n2ncc([N+](=O)[O-])c2N)c(C)o1. The Labute approximate surface area is 103 Å². The summed E-state index contributed by atoms with van der Waals surface area (Å²) in [6.45, 7) is 5.55. The monoisotopic (exact) mass is 250 g/mol. The molecule has 0 amide bonds. The van der Waals surface area contributed by atoms with Crippen molar-refractivity contribution in [2.24, 2.45) is 0 Å². The molecule has 1 atom stereocenters. The van der Waals surface area contributed by atoms with Gasteiger partial charge in [-0.3, -0.25) is 10.1 Å². The van der Waals surface area contributed by atoms with Crippen molar-refractivity contribution < 1.29 is 9.34 Å². The Morgan fingerprint density at radius 1 is 1.56 bits per heavy atom. The molecule has 18 heavy (non-hydrogen) atoms. The van der Waals surface area contributed by atoms with Crippen LogP contribution in [0.25, 0.3) is 0 Å². The summed E-state index contributed by atoms with van der Waals surface area (Å²) in [5.41, 5.74) is 6.46. The molecule has 0 aliphatic heterocycles. The molecule has 2 heterocycles. The maximum atomic E-state index is 10.7. The first-order valence-corrected chi connectivity index (χ1v) is 5.46. The topological polar surface area (TPSA) is 100 Å². The highest BCUT2D eigenvalue weighted by molar-refractivity contribution is 5.52. The largest absolute Gasteiger partial charge is 0.466 e. The predicted molar refractivity (Wildman–Crippen MR) is 65.3 cm³/mol. The third-order valence-electron chi connectivity index (χ3n) is 2.91. The summed E-state index contributed by atoms with van der Waals surface area (Å²) in [6.07, 6.45) is 1.16. The smallest absolute Gasteiger partial charge is 0.330 e. The molecule has 0 radical (unpaired) electrons. The molecule has 7 heteroatoms. The van der Waals surface area contributed by atoms with Crippen LogP contribution in [0.2, 0.25) is 0 Å². The Morgan fingerprint density at radius 3 is 2.67 bits per heavy atom. The van der Waals surface area contributed by atoms with Crippen molar-refractivity contribution in [3.63, 3.8) is 0 Å². The van der Waals surface area contributed by atoms with Gasteiger partial charge in [0.25, 0.3) is 0 Å². The van der Waals surface area contributed by atoms with Gasteiger partial charge in [-0.1, -0.05) is 0 Å². The molecule has 2 N–H and O–H groups in total. The average molecular weight is 250 g/mol. The molecule has 0 bridgehead atoms. The molecule has 0 aliphatic rings. The highest BCUT2D eigenvalue weighted by Crippen LogP contribution is 2.29. The van der Waals surface area contributed by atoms with Gasteiger partial charge < -0.3 is 10.2 Å². The molecule has 96 valence electrons. The number of anilines is 1. The number of rotatable bonds is 3. The molecule has 0 fully saturated rings. The van der Waals surface area contributed by atoms with Crippen molar-refractivity contribution in [3.8, 4) is 0 Å². The quantitative estimate of drug-likeness (QED) is 0.664. The number of aromatic nitrogens is 2. The minimum atomic E-state index is -0.543. The predicted octanol–water partition coefficient (Wildman–Crippen LogP) is 2.19. The van der Waals surface area contributed by atoms with E-state index in [1.807, 2.05) is 26.8 Å². The van der Waals surface area contributed by atoms with Crippen LogP contribution in [0.15, 0.2) is 16.7 Å². The normalized spacial score (nSPS) is 12.6. The van der Waals surface area contributed by atoms with E-state index in [1.165, 1.54) is 4.68 Å². The lowest BCUT2D eigenvalue weighted by atomic mass is 10.1. The van der Waals surface area contributed by atoms with Crippen LogP contribution in [-0.2, 0) is 0 Å². The number of hydrogen-bond acceptors (Lipinski definition) is 5. The molecule has 0 aromatic carbocycles. The standard InChI is InChI=1S/C11H14N4O3/c1-6-4-9(8(3)18-6)7(2)14-11(12)10(5-13-14)15(16)17/h4-5,7H,12H2,1-3H3. The van der Waals surface area contributed by atoms with E-state index in [2.05, 4.69) is 5.10 Å². The van der Waals surface area contributed by atoms with E-state index < -0.39 is 4.92 Å². The zero-order valence-electron chi connectivity index (χ0n) is 10.4. The van der Waals surface area contributed by atoms with Crippen molar-refractivity contribution >= 4 is 11.5 Å². The maximum Gasteiger partial charge on any atom is 0.330 e. The van der Waals surface area contributed by atoms with Gasteiger partial charge in [0, 0.05) is 5.56 Å². The molecule has 2 aromatic rings. The van der Waals surface area contributed by atoms with Gasteiger partial charge in [-0.15, -0.1) is 0 Å². The van der Waals surface area contributed by atoms with Crippen LogP contribution in [-0.4, -0.2) is 14.7 Å². The van der Waals surface area contributed by atoms with E-state index in [9.17, 15) is 10.1 Å². The van der Waals surface area contributed by atoms with Gasteiger partial charge in [-0.2, -0.15) is 5.10 Å². The maximum absolute atomic E-state index is 10.7. The molecule has 2 aromatic heterocycles. The van der Waals surface area contributed by atoms with Gasteiger partial charge in [0.2, 0.25) is 5.82 Å². The van der Waals surface area contributed by atoms with E-state index in [4.69, 9.17) is 10.2 Å². The summed E-state index contributed by atoms with van der Waals surface area (Å²) in [5, 5.41) is 14.7. The Bertz CT molecular complexity index is 599. The van der Waals surface area contributed by atoms with E-state index >= 15 is 0 Å². The molecule has 2 rings (SSSR count). The lowest BCUT2D eigenvalue weighted by molar-refractivity contribution is -0.384. The van der Waals surface area contributed by atoms with Gasteiger partial charge in [0.05, 0.1) is 11.0 Å². The van der Waals surface area contributed by atoms with Crippen LogP contribution in [0.1, 0.15) is 30.0 Å². The van der Waals surface area contributed by atoms with Crippen LogP contribution in [0.4, 0.5) is 11.5 Å². The van der Waals surface area contributed by atoms with Crippen molar-refractivity contribution in [1.82, 2.24) is 9.78 Å². The fourth-order valence-electron chi connectivity index (χ4n) is 2.01. The average Bonchev–Trinajstić information content (AvgIpc) is 2.81. The van der Waals surface area contributed by atoms with Crippen LogP contribution < -0.4 is 5.73 Å². The van der Waals surface area contributed by atoms with E-state index in [0.29, 0.717) is 0 Å². The fourth-order valence-corrected chi connectivity index (χ4v) is 2.01. The lowest BCUT2D eigenvalue weighted by Crippen LogP contribution is -2.12. The number of nitrogens with zero attached hydrogens (tertiary/aromatic N) is 3. The molecule has 0 aliphatic carbocycles. The first kappa shape index (κ1) is 12.2. The summed E-state index contributed by atoms with van der Waals surface area (Å²) >= 11 is 0. The number of nitrogens with two attached hydrogens (primary N) is 1. The number of nitrogen functional groups attached to an aromatic ring is 1. The zero-order chi connectivity index (χ0) is 13.4. The van der Waals surface area contributed by atoms with Crippen molar-refractivity contribution in [1.29, 1.82) is 0 Å². The second-order valence-corrected chi connectivity index (χ2v) is 4.16. The summed E-state index contributed by atoms with van der Waals surface area (Å²) in [5.74, 6) is 1.60. The number of nitro groups is 1. The Kier molecular flexibility index (Phi) is 2.82. The second-order valence-electron chi connectivity index (χ2n) is 4.16. The van der Waals surface area contributed by atoms with E-state index in [1.54, 1.807) is 0 Å².